The van der Waals surface area contributed by atoms with Gasteiger partial charge in [-0.3, -0.25) is 9.69 Å². The van der Waals surface area contributed by atoms with Crippen LogP contribution in [0.4, 0.5) is 0 Å². The predicted octanol–water partition coefficient (Wildman–Crippen LogP) is 0.848. The van der Waals surface area contributed by atoms with Gasteiger partial charge in [0, 0.05) is 69.0 Å². The molecule has 0 radical (unpaired) electrons. The summed E-state index contributed by atoms with van der Waals surface area (Å²) in [4.78, 5) is 22.0. The maximum absolute atomic E-state index is 12.7. The van der Waals surface area contributed by atoms with Crippen molar-refractivity contribution in [3.63, 3.8) is 0 Å². The number of amides is 1. The lowest BCUT2D eigenvalue weighted by Gasteiger charge is -2.34. The zero-order chi connectivity index (χ0) is 17.1. The van der Waals surface area contributed by atoms with Gasteiger partial charge in [-0.15, -0.1) is 0 Å². The van der Waals surface area contributed by atoms with E-state index in [4.69, 9.17) is 0 Å². The van der Waals surface area contributed by atoms with Crippen LogP contribution in [0.25, 0.3) is 10.9 Å². The Hall–Kier alpha value is -1.89. The molecule has 1 aromatic heterocycles. The largest absolute Gasteiger partial charge is 0.390 e. The van der Waals surface area contributed by atoms with E-state index in [1.165, 1.54) is 0 Å². The number of nitrogens with zero attached hydrogens (tertiary/aromatic N) is 3. The molecule has 2 heterocycles. The zero-order valence-electron chi connectivity index (χ0n) is 14.4. The van der Waals surface area contributed by atoms with Gasteiger partial charge in [0.25, 0.3) is 5.91 Å². The van der Waals surface area contributed by atoms with Crippen LogP contribution in [0.3, 0.4) is 0 Å². The molecule has 1 atom stereocenters. The number of aromatic nitrogens is 1. The van der Waals surface area contributed by atoms with Gasteiger partial charge >= 0.3 is 0 Å². The lowest BCUT2D eigenvalue weighted by atomic mass is 10.1. The van der Waals surface area contributed by atoms with Crippen molar-refractivity contribution < 1.29 is 9.90 Å². The first kappa shape index (κ1) is 17.0. The molecule has 1 unspecified atom stereocenters. The second kappa shape index (κ2) is 7.34. The molecular weight excluding hydrogens is 304 g/mol. The topological polar surface area (TPSA) is 62.8 Å². The van der Waals surface area contributed by atoms with E-state index in [0.29, 0.717) is 18.7 Å². The molecule has 1 aromatic carbocycles. The molecule has 1 aliphatic heterocycles. The molecular formula is C18H26N4O2. The molecule has 1 amide bonds. The van der Waals surface area contributed by atoms with Crippen LogP contribution in [-0.4, -0.2) is 90.2 Å². The number of aromatic amines is 1. The van der Waals surface area contributed by atoms with Crippen LogP contribution < -0.4 is 0 Å². The highest BCUT2D eigenvalue weighted by molar-refractivity contribution is 6.06. The van der Waals surface area contributed by atoms with Crippen molar-refractivity contribution in [1.29, 1.82) is 0 Å². The van der Waals surface area contributed by atoms with Gasteiger partial charge in [-0.25, -0.2) is 0 Å². The van der Waals surface area contributed by atoms with Gasteiger partial charge in [0.1, 0.15) is 0 Å². The van der Waals surface area contributed by atoms with Crippen molar-refractivity contribution in [3.05, 3.63) is 36.0 Å². The predicted molar refractivity (Wildman–Crippen MR) is 95.2 cm³/mol. The number of likely N-dealkylation sites (N-methyl/N-ethyl adjacent to an activating group) is 2. The molecule has 0 bridgehead atoms. The van der Waals surface area contributed by atoms with E-state index in [2.05, 4.69) is 21.8 Å². The van der Waals surface area contributed by atoms with Crippen molar-refractivity contribution >= 4 is 16.8 Å². The molecule has 3 rings (SSSR count). The van der Waals surface area contributed by atoms with Crippen LogP contribution in [-0.2, 0) is 0 Å². The SMILES string of the molecule is CN1CCN(CC(O)CN(C)C(=O)c2cccc3[nH]ccc23)CC1. The second-order valence-electron chi connectivity index (χ2n) is 6.69. The van der Waals surface area contributed by atoms with E-state index >= 15 is 0 Å². The number of carbonyl (C=O) groups excluding carboxylic acids is 1. The van der Waals surface area contributed by atoms with Gasteiger partial charge in [0.15, 0.2) is 0 Å². The summed E-state index contributed by atoms with van der Waals surface area (Å²) in [5.74, 6) is -0.0578. The molecule has 1 fully saturated rings. The van der Waals surface area contributed by atoms with Crippen molar-refractivity contribution in [3.8, 4) is 0 Å². The third-order valence-corrected chi connectivity index (χ3v) is 4.72. The van der Waals surface area contributed by atoms with Gasteiger partial charge in [-0.2, -0.15) is 0 Å². The number of fused-ring (bicyclic) bond motifs is 1. The van der Waals surface area contributed by atoms with Gasteiger partial charge < -0.3 is 19.9 Å². The van der Waals surface area contributed by atoms with Gasteiger partial charge in [0.2, 0.25) is 0 Å². The number of β-amino-alcohol motifs (C(OH)–C–C–N with tert-alkyl or cyclic N) is 1. The monoisotopic (exact) mass is 330 g/mol. The normalized spacial score (nSPS) is 18.0. The quantitative estimate of drug-likeness (QED) is 0.853. The number of piperazine rings is 1. The van der Waals surface area contributed by atoms with E-state index < -0.39 is 6.10 Å². The third kappa shape index (κ3) is 3.77. The molecule has 1 aliphatic rings. The number of hydrogen-bond acceptors (Lipinski definition) is 4. The van der Waals surface area contributed by atoms with E-state index in [-0.39, 0.29) is 5.91 Å². The number of aliphatic hydroxyl groups excluding tert-OH is 1. The van der Waals surface area contributed by atoms with E-state index in [1.54, 1.807) is 11.9 Å². The van der Waals surface area contributed by atoms with Gasteiger partial charge in [-0.1, -0.05) is 6.07 Å². The number of benzene rings is 1. The average Bonchev–Trinajstić information content (AvgIpc) is 3.04. The maximum atomic E-state index is 12.7. The van der Waals surface area contributed by atoms with Crippen LogP contribution in [0.15, 0.2) is 30.5 Å². The molecule has 2 aromatic rings. The standard InChI is InChI=1S/C18H26N4O2/c1-20-8-10-22(11-9-20)13-14(23)12-21(2)18(24)16-4-3-5-17-15(16)6-7-19-17/h3-7,14,19,23H,8-13H2,1-2H3. The summed E-state index contributed by atoms with van der Waals surface area (Å²) >= 11 is 0. The fraction of sp³-hybridized carbons (Fsp3) is 0.500. The summed E-state index contributed by atoms with van der Waals surface area (Å²) in [7, 11) is 3.86. The summed E-state index contributed by atoms with van der Waals surface area (Å²) in [6, 6.07) is 7.58. The fourth-order valence-electron chi connectivity index (χ4n) is 3.26. The Labute approximate surface area is 142 Å². The minimum absolute atomic E-state index is 0.0578. The Morgan fingerprint density at radius 3 is 2.79 bits per heavy atom. The highest BCUT2D eigenvalue weighted by Gasteiger charge is 2.21. The summed E-state index contributed by atoms with van der Waals surface area (Å²) < 4.78 is 0. The van der Waals surface area contributed by atoms with Crippen LogP contribution in [0.5, 0.6) is 0 Å². The van der Waals surface area contributed by atoms with Crippen molar-refractivity contribution in [2.75, 3.05) is 53.4 Å². The fourth-order valence-corrected chi connectivity index (χ4v) is 3.26. The number of hydrogen-bond donors (Lipinski definition) is 2. The minimum Gasteiger partial charge on any atom is -0.390 e. The van der Waals surface area contributed by atoms with Crippen LogP contribution in [0.2, 0.25) is 0 Å². The van der Waals surface area contributed by atoms with Crippen molar-refractivity contribution in [1.82, 2.24) is 19.7 Å². The Balaban J connectivity index is 1.58. The van der Waals surface area contributed by atoms with Crippen LogP contribution >= 0.6 is 0 Å². The molecule has 1 saturated heterocycles. The van der Waals surface area contributed by atoms with Crippen molar-refractivity contribution in [2.24, 2.45) is 0 Å². The van der Waals surface area contributed by atoms with Crippen LogP contribution in [0.1, 0.15) is 10.4 Å². The first-order valence-electron chi connectivity index (χ1n) is 8.45. The van der Waals surface area contributed by atoms with E-state index in [1.807, 2.05) is 30.5 Å². The van der Waals surface area contributed by atoms with E-state index in [0.717, 1.165) is 37.1 Å². The summed E-state index contributed by atoms with van der Waals surface area (Å²) in [5.41, 5.74) is 1.62. The van der Waals surface area contributed by atoms with Gasteiger partial charge in [-0.05, 0) is 25.2 Å². The molecule has 130 valence electrons. The lowest BCUT2D eigenvalue weighted by molar-refractivity contribution is 0.0503. The lowest BCUT2D eigenvalue weighted by Crippen LogP contribution is -2.49. The number of carbonyl (C=O) groups is 1. The number of aliphatic hydroxyl groups is 1. The van der Waals surface area contributed by atoms with Crippen LogP contribution in [0, 0.1) is 0 Å². The maximum Gasteiger partial charge on any atom is 0.254 e. The molecule has 6 nitrogen and oxygen atoms in total. The van der Waals surface area contributed by atoms with E-state index in [9.17, 15) is 9.90 Å². The molecule has 24 heavy (non-hydrogen) atoms. The Kier molecular flexibility index (Phi) is 5.18. The average molecular weight is 330 g/mol. The zero-order valence-corrected chi connectivity index (χ0v) is 14.4. The highest BCUT2D eigenvalue weighted by atomic mass is 16.3. The first-order valence-corrected chi connectivity index (χ1v) is 8.45. The van der Waals surface area contributed by atoms with Gasteiger partial charge in [0.05, 0.1) is 6.10 Å². The summed E-state index contributed by atoms with van der Waals surface area (Å²) in [6.07, 6.45) is 1.30. The molecule has 6 heteroatoms. The minimum atomic E-state index is -0.534. The first-order chi connectivity index (χ1) is 11.5. The third-order valence-electron chi connectivity index (χ3n) is 4.72. The van der Waals surface area contributed by atoms with Crippen molar-refractivity contribution in [2.45, 2.75) is 6.10 Å². The summed E-state index contributed by atoms with van der Waals surface area (Å²) in [5, 5.41) is 11.3. The number of nitrogens with one attached hydrogen (secondary N) is 1. The molecule has 0 saturated carbocycles. The molecule has 0 spiro atoms. The Morgan fingerprint density at radius 2 is 2.04 bits per heavy atom. The second-order valence-corrected chi connectivity index (χ2v) is 6.69. The Morgan fingerprint density at radius 1 is 1.29 bits per heavy atom. The summed E-state index contributed by atoms with van der Waals surface area (Å²) in [6.45, 7) is 4.93. The molecule has 0 aliphatic carbocycles. The number of H-pyrrole nitrogens is 1. The molecule has 2 N–H and O–H groups in total. The highest BCUT2D eigenvalue weighted by Crippen LogP contribution is 2.18. The smallest absolute Gasteiger partial charge is 0.254 e. The Bertz CT molecular complexity index is 691. The number of rotatable bonds is 5.